The molecule has 0 unspecified atom stereocenters. The average Bonchev–Trinajstić information content (AvgIpc) is 2.96. The van der Waals surface area contributed by atoms with Gasteiger partial charge in [-0.3, -0.25) is 4.79 Å². The summed E-state index contributed by atoms with van der Waals surface area (Å²) < 4.78 is 5.90. The van der Waals surface area contributed by atoms with Crippen LogP contribution in [0.1, 0.15) is 71.1 Å². The van der Waals surface area contributed by atoms with Crippen molar-refractivity contribution in [2.75, 3.05) is 6.54 Å². The molecule has 0 spiro atoms. The Morgan fingerprint density at radius 2 is 1.90 bits per heavy atom. The largest absolute Gasteiger partial charge is 0.388 e. The summed E-state index contributed by atoms with van der Waals surface area (Å²) in [5.74, 6) is -0.0570. The number of hydrogen-bond donors (Lipinski definition) is 2. The number of carbonyl (C=O) groups excluding carboxylic acids is 1. The molecule has 4 nitrogen and oxygen atoms in total. The second-order valence-corrected chi connectivity index (χ2v) is 6.44. The first kappa shape index (κ1) is 15.8. The second kappa shape index (κ2) is 7.41. The molecule has 2 rings (SSSR count). The second-order valence-electron chi connectivity index (χ2n) is 6.44. The molecule has 2 N–H and O–H groups in total. The number of amides is 1. The Hall–Kier alpha value is -0.610. The van der Waals surface area contributed by atoms with Crippen LogP contribution in [-0.4, -0.2) is 35.4 Å². The van der Waals surface area contributed by atoms with Crippen molar-refractivity contribution in [3.05, 3.63) is 0 Å². The molecule has 0 bridgehead atoms. The topological polar surface area (TPSA) is 58.6 Å². The molecular weight excluding hydrogens is 254 g/mol. The van der Waals surface area contributed by atoms with E-state index in [-0.39, 0.29) is 18.1 Å². The van der Waals surface area contributed by atoms with Gasteiger partial charge in [0.25, 0.3) is 0 Å². The van der Waals surface area contributed by atoms with Crippen molar-refractivity contribution >= 4 is 5.91 Å². The minimum atomic E-state index is -0.695. The monoisotopic (exact) mass is 283 g/mol. The molecule has 4 heteroatoms. The molecule has 1 atom stereocenters. The summed E-state index contributed by atoms with van der Waals surface area (Å²) in [4.78, 5) is 12.2. The lowest BCUT2D eigenvalue weighted by atomic mass is 9.85. The molecule has 20 heavy (non-hydrogen) atoms. The standard InChI is InChI=1S/C16H29NO3/c1-2-14(20-13-8-4-5-9-13)15(18)17-12-16(19)10-6-3-7-11-16/h13-14,19H,2-12H2,1H3,(H,17,18)/t14-/m0/s1. The van der Waals surface area contributed by atoms with Crippen molar-refractivity contribution in [1.29, 1.82) is 0 Å². The van der Waals surface area contributed by atoms with Crippen molar-refractivity contribution < 1.29 is 14.6 Å². The highest BCUT2D eigenvalue weighted by Crippen LogP contribution is 2.27. The maximum atomic E-state index is 12.2. The van der Waals surface area contributed by atoms with Crippen LogP contribution in [0.5, 0.6) is 0 Å². The molecule has 0 aromatic rings. The zero-order valence-corrected chi connectivity index (χ0v) is 12.7. The third-order valence-electron chi connectivity index (χ3n) is 4.70. The predicted octanol–water partition coefficient (Wildman–Crippen LogP) is 2.54. The predicted molar refractivity (Wildman–Crippen MR) is 78.5 cm³/mol. The molecule has 116 valence electrons. The molecule has 2 saturated carbocycles. The van der Waals surface area contributed by atoms with E-state index in [0.29, 0.717) is 13.0 Å². The van der Waals surface area contributed by atoms with E-state index in [1.54, 1.807) is 0 Å². The van der Waals surface area contributed by atoms with Crippen molar-refractivity contribution in [2.45, 2.75) is 88.9 Å². The highest BCUT2D eigenvalue weighted by Gasteiger charge is 2.31. The lowest BCUT2D eigenvalue weighted by Crippen LogP contribution is -2.47. The molecule has 2 fully saturated rings. The van der Waals surface area contributed by atoms with Gasteiger partial charge in [-0.1, -0.05) is 39.0 Å². The molecule has 0 aliphatic heterocycles. The minimum Gasteiger partial charge on any atom is -0.388 e. The summed E-state index contributed by atoms with van der Waals surface area (Å²) >= 11 is 0. The van der Waals surface area contributed by atoms with Crippen molar-refractivity contribution in [3.63, 3.8) is 0 Å². The highest BCUT2D eigenvalue weighted by atomic mass is 16.5. The van der Waals surface area contributed by atoms with Gasteiger partial charge >= 0.3 is 0 Å². The van der Waals surface area contributed by atoms with Gasteiger partial charge in [-0.25, -0.2) is 0 Å². The zero-order valence-electron chi connectivity index (χ0n) is 12.7. The molecule has 2 aliphatic rings. The summed E-state index contributed by atoms with van der Waals surface area (Å²) in [6, 6.07) is 0. The fourth-order valence-corrected chi connectivity index (χ4v) is 3.35. The van der Waals surface area contributed by atoms with Gasteiger partial charge in [0.1, 0.15) is 6.10 Å². The Bertz CT molecular complexity index is 307. The molecule has 0 heterocycles. The third kappa shape index (κ3) is 4.45. The molecular formula is C16H29NO3. The van der Waals surface area contributed by atoms with Gasteiger partial charge in [0, 0.05) is 6.54 Å². The van der Waals surface area contributed by atoms with Gasteiger partial charge in [-0.05, 0) is 32.1 Å². The fraction of sp³-hybridized carbons (Fsp3) is 0.938. The Kier molecular flexibility index (Phi) is 5.85. The van der Waals surface area contributed by atoms with Crippen LogP contribution in [-0.2, 0) is 9.53 Å². The molecule has 2 aliphatic carbocycles. The van der Waals surface area contributed by atoms with E-state index in [1.807, 2.05) is 6.92 Å². The zero-order chi connectivity index (χ0) is 14.4. The minimum absolute atomic E-state index is 0.0570. The normalized spacial score (nSPS) is 24.5. The first-order valence-electron chi connectivity index (χ1n) is 8.28. The third-order valence-corrected chi connectivity index (χ3v) is 4.70. The Morgan fingerprint density at radius 1 is 1.25 bits per heavy atom. The number of nitrogens with one attached hydrogen (secondary N) is 1. The Labute approximate surface area is 122 Å². The van der Waals surface area contributed by atoms with Gasteiger partial charge in [-0.15, -0.1) is 0 Å². The molecule has 0 radical (unpaired) electrons. The van der Waals surface area contributed by atoms with Crippen LogP contribution in [0.15, 0.2) is 0 Å². The molecule has 0 aromatic heterocycles. The van der Waals surface area contributed by atoms with Crippen LogP contribution in [0.4, 0.5) is 0 Å². The molecule has 0 saturated heterocycles. The van der Waals surface area contributed by atoms with Crippen LogP contribution in [0, 0.1) is 0 Å². The number of carbonyl (C=O) groups is 1. The summed E-state index contributed by atoms with van der Waals surface area (Å²) in [6.07, 6.45) is 10.1. The van der Waals surface area contributed by atoms with Gasteiger partial charge in [0.05, 0.1) is 11.7 Å². The van der Waals surface area contributed by atoms with Crippen LogP contribution in [0.2, 0.25) is 0 Å². The summed E-state index contributed by atoms with van der Waals surface area (Å²) in [7, 11) is 0. The van der Waals surface area contributed by atoms with E-state index in [0.717, 1.165) is 38.5 Å². The number of rotatable bonds is 6. The van der Waals surface area contributed by atoms with Gasteiger partial charge in [0.2, 0.25) is 5.91 Å². The lowest BCUT2D eigenvalue weighted by Gasteiger charge is -2.32. The SMILES string of the molecule is CC[C@H](OC1CCCC1)C(=O)NCC1(O)CCCCC1. The first-order chi connectivity index (χ1) is 9.63. The average molecular weight is 283 g/mol. The summed E-state index contributed by atoms with van der Waals surface area (Å²) in [5, 5.41) is 13.3. The van der Waals surface area contributed by atoms with E-state index in [9.17, 15) is 9.90 Å². The van der Waals surface area contributed by atoms with E-state index in [2.05, 4.69) is 5.32 Å². The van der Waals surface area contributed by atoms with Gasteiger partial charge < -0.3 is 15.2 Å². The van der Waals surface area contributed by atoms with Crippen LogP contribution >= 0.6 is 0 Å². The van der Waals surface area contributed by atoms with Crippen LogP contribution in [0.3, 0.4) is 0 Å². The van der Waals surface area contributed by atoms with Crippen LogP contribution < -0.4 is 5.32 Å². The first-order valence-corrected chi connectivity index (χ1v) is 8.28. The summed E-state index contributed by atoms with van der Waals surface area (Å²) in [6.45, 7) is 2.35. The van der Waals surface area contributed by atoms with Gasteiger partial charge in [-0.2, -0.15) is 0 Å². The smallest absolute Gasteiger partial charge is 0.249 e. The van der Waals surface area contributed by atoms with Crippen molar-refractivity contribution in [1.82, 2.24) is 5.32 Å². The van der Waals surface area contributed by atoms with Crippen molar-refractivity contribution in [3.8, 4) is 0 Å². The molecule has 1 amide bonds. The highest BCUT2D eigenvalue weighted by molar-refractivity contribution is 5.80. The number of hydrogen-bond acceptors (Lipinski definition) is 3. The molecule has 0 aromatic carbocycles. The fourth-order valence-electron chi connectivity index (χ4n) is 3.35. The summed E-state index contributed by atoms with van der Waals surface area (Å²) in [5.41, 5.74) is -0.695. The maximum absolute atomic E-state index is 12.2. The van der Waals surface area contributed by atoms with E-state index in [4.69, 9.17) is 4.74 Å². The van der Waals surface area contributed by atoms with Gasteiger partial charge in [0.15, 0.2) is 0 Å². The quantitative estimate of drug-likeness (QED) is 0.787. The lowest BCUT2D eigenvalue weighted by molar-refractivity contribution is -0.138. The van der Waals surface area contributed by atoms with Crippen LogP contribution in [0.25, 0.3) is 0 Å². The maximum Gasteiger partial charge on any atom is 0.249 e. The van der Waals surface area contributed by atoms with E-state index in [1.165, 1.54) is 19.3 Å². The Morgan fingerprint density at radius 3 is 2.50 bits per heavy atom. The Balaban J connectivity index is 1.76. The number of aliphatic hydroxyl groups is 1. The number of ether oxygens (including phenoxy) is 1. The van der Waals surface area contributed by atoms with E-state index < -0.39 is 5.60 Å². The van der Waals surface area contributed by atoms with Crippen molar-refractivity contribution in [2.24, 2.45) is 0 Å². The van der Waals surface area contributed by atoms with E-state index >= 15 is 0 Å².